The van der Waals surface area contributed by atoms with E-state index in [0.717, 1.165) is 0 Å². The number of amides is 1. The first kappa shape index (κ1) is 14.5. The first-order valence-electron chi connectivity index (χ1n) is 6.09. The van der Waals surface area contributed by atoms with Gasteiger partial charge in [0.1, 0.15) is 11.5 Å². The molecule has 1 aromatic carbocycles. The third-order valence-corrected chi connectivity index (χ3v) is 2.57. The molecule has 5 nitrogen and oxygen atoms in total. The van der Waals surface area contributed by atoms with E-state index in [2.05, 4.69) is 22.1 Å². The van der Waals surface area contributed by atoms with E-state index in [1.807, 2.05) is 0 Å². The molecule has 1 aromatic heterocycles. The Morgan fingerprint density at radius 1 is 1.33 bits per heavy atom. The van der Waals surface area contributed by atoms with Gasteiger partial charge in [-0.1, -0.05) is 17.9 Å². The minimum absolute atomic E-state index is 0.101. The summed E-state index contributed by atoms with van der Waals surface area (Å²) in [5, 5.41) is 2.57. The molecule has 0 spiro atoms. The van der Waals surface area contributed by atoms with Gasteiger partial charge >= 0.3 is 0 Å². The average molecular weight is 285 g/mol. The lowest BCUT2D eigenvalue weighted by Gasteiger charge is -2.07. The number of pyridine rings is 1. The molecule has 0 bridgehead atoms. The minimum Gasteiger partial charge on any atom is -0.320 e. The molecule has 0 saturated carbocycles. The van der Waals surface area contributed by atoms with E-state index >= 15 is 0 Å². The maximum Gasteiger partial charge on any atom is 0.272 e. The molecule has 0 saturated heterocycles. The molecule has 1 amide bonds. The SMILES string of the molecule is NCC#Cc1cc(F)ccc1NC(=O)c1cccc(=O)[nH]1. The second-order valence-electron chi connectivity index (χ2n) is 4.08. The highest BCUT2D eigenvalue weighted by Gasteiger charge is 2.09. The van der Waals surface area contributed by atoms with Crippen molar-refractivity contribution in [1.82, 2.24) is 4.98 Å². The fourth-order valence-corrected chi connectivity index (χ4v) is 1.65. The van der Waals surface area contributed by atoms with Crippen molar-refractivity contribution in [3.8, 4) is 11.8 Å². The van der Waals surface area contributed by atoms with Gasteiger partial charge in [-0.2, -0.15) is 0 Å². The van der Waals surface area contributed by atoms with Crippen LogP contribution >= 0.6 is 0 Å². The number of hydrogen-bond acceptors (Lipinski definition) is 3. The van der Waals surface area contributed by atoms with Crippen molar-refractivity contribution in [3.05, 3.63) is 63.8 Å². The van der Waals surface area contributed by atoms with Crippen molar-refractivity contribution >= 4 is 11.6 Å². The standard InChI is InChI=1S/C15H12FN3O2/c16-11-6-7-12(10(9-11)3-2-8-17)19-15(21)13-4-1-5-14(20)18-13/h1,4-7,9H,8,17H2,(H,18,20)(H,19,21). The van der Waals surface area contributed by atoms with Crippen LogP contribution < -0.4 is 16.6 Å². The molecule has 106 valence electrons. The summed E-state index contributed by atoms with van der Waals surface area (Å²) in [5.41, 5.74) is 5.65. The Morgan fingerprint density at radius 3 is 2.86 bits per heavy atom. The number of hydrogen-bond donors (Lipinski definition) is 3. The number of benzene rings is 1. The van der Waals surface area contributed by atoms with Gasteiger partial charge in [0.15, 0.2) is 0 Å². The van der Waals surface area contributed by atoms with E-state index in [-0.39, 0.29) is 17.8 Å². The minimum atomic E-state index is -0.518. The summed E-state index contributed by atoms with van der Waals surface area (Å²) in [7, 11) is 0. The molecule has 2 rings (SSSR count). The van der Waals surface area contributed by atoms with Crippen LogP contribution in [0.2, 0.25) is 0 Å². The van der Waals surface area contributed by atoms with Gasteiger partial charge in [0.05, 0.1) is 17.8 Å². The second-order valence-corrected chi connectivity index (χ2v) is 4.08. The first-order valence-corrected chi connectivity index (χ1v) is 6.09. The monoisotopic (exact) mass is 285 g/mol. The van der Waals surface area contributed by atoms with Crippen LogP contribution in [-0.2, 0) is 0 Å². The summed E-state index contributed by atoms with van der Waals surface area (Å²) in [4.78, 5) is 25.6. The summed E-state index contributed by atoms with van der Waals surface area (Å²) >= 11 is 0. The number of nitrogens with two attached hydrogens (primary N) is 1. The van der Waals surface area contributed by atoms with Gasteiger partial charge in [0.25, 0.3) is 5.91 Å². The fourth-order valence-electron chi connectivity index (χ4n) is 1.65. The highest BCUT2D eigenvalue weighted by Crippen LogP contribution is 2.16. The number of carbonyl (C=O) groups is 1. The molecule has 0 fully saturated rings. The normalized spacial score (nSPS) is 9.62. The summed E-state index contributed by atoms with van der Waals surface area (Å²) in [6, 6.07) is 8.03. The molecule has 0 unspecified atom stereocenters. The van der Waals surface area contributed by atoms with Gasteiger partial charge in [0.2, 0.25) is 5.56 Å². The number of aromatic amines is 1. The topological polar surface area (TPSA) is 88.0 Å². The molecule has 21 heavy (non-hydrogen) atoms. The van der Waals surface area contributed by atoms with Gasteiger partial charge < -0.3 is 16.0 Å². The molecular formula is C15H12FN3O2. The van der Waals surface area contributed by atoms with Crippen LogP contribution in [-0.4, -0.2) is 17.4 Å². The van der Waals surface area contributed by atoms with Crippen molar-refractivity contribution in [2.75, 3.05) is 11.9 Å². The van der Waals surface area contributed by atoms with Crippen molar-refractivity contribution in [2.45, 2.75) is 0 Å². The largest absolute Gasteiger partial charge is 0.320 e. The number of rotatable bonds is 2. The van der Waals surface area contributed by atoms with Crippen LogP contribution in [0.4, 0.5) is 10.1 Å². The molecule has 0 aliphatic rings. The fraction of sp³-hybridized carbons (Fsp3) is 0.0667. The molecule has 4 N–H and O–H groups in total. The Labute approximate surface area is 120 Å². The number of H-pyrrole nitrogens is 1. The molecule has 2 aromatic rings. The van der Waals surface area contributed by atoms with E-state index in [4.69, 9.17) is 5.73 Å². The summed E-state index contributed by atoms with van der Waals surface area (Å²) in [6.07, 6.45) is 0. The van der Waals surface area contributed by atoms with Crippen molar-refractivity contribution in [1.29, 1.82) is 0 Å². The lowest BCUT2D eigenvalue weighted by Crippen LogP contribution is -2.18. The van der Waals surface area contributed by atoms with Gasteiger partial charge in [0, 0.05) is 6.07 Å². The van der Waals surface area contributed by atoms with Crippen LogP contribution in [0.15, 0.2) is 41.2 Å². The predicted octanol–water partition coefficient (Wildman–Crippen LogP) is 1.08. The maximum atomic E-state index is 13.2. The third kappa shape index (κ3) is 3.78. The van der Waals surface area contributed by atoms with Crippen molar-refractivity contribution < 1.29 is 9.18 Å². The van der Waals surface area contributed by atoms with Gasteiger partial charge in [-0.3, -0.25) is 9.59 Å². The smallest absolute Gasteiger partial charge is 0.272 e. The van der Waals surface area contributed by atoms with Crippen LogP contribution in [0.25, 0.3) is 0 Å². The number of nitrogens with one attached hydrogen (secondary N) is 2. The van der Waals surface area contributed by atoms with Crippen molar-refractivity contribution in [2.24, 2.45) is 5.73 Å². The third-order valence-electron chi connectivity index (χ3n) is 2.57. The molecule has 0 atom stereocenters. The molecule has 0 radical (unpaired) electrons. The lowest BCUT2D eigenvalue weighted by molar-refractivity contribution is 0.102. The Bertz CT molecular complexity index is 787. The number of carbonyl (C=O) groups excluding carboxylic acids is 1. The van der Waals surface area contributed by atoms with Crippen molar-refractivity contribution in [3.63, 3.8) is 0 Å². The Morgan fingerprint density at radius 2 is 2.14 bits per heavy atom. The van der Waals surface area contributed by atoms with E-state index in [1.54, 1.807) is 0 Å². The molecule has 1 heterocycles. The number of anilines is 1. The first-order chi connectivity index (χ1) is 10.1. The summed E-state index contributed by atoms with van der Waals surface area (Å²) < 4.78 is 13.2. The average Bonchev–Trinajstić information content (AvgIpc) is 2.47. The summed E-state index contributed by atoms with van der Waals surface area (Å²) in [6.45, 7) is 0.121. The van der Waals surface area contributed by atoms with Crippen LogP contribution in [0.3, 0.4) is 0 Å². The molecule has 0 aliphatic heterocycles. The lowest BCUT2D eigenvalue weighted by atomic mass is 10.1. The molecular weight excluding hydrogens is 273 g/mol. The molecule has 0 aliphatic carbocycles. The zero-order chi connectivity index (χ0) is 15.2. The Hall–Kier alpha value is -2.91. The second kappa shape index (κ2) is 6.50. The predicted molar refractivity (Wildman–Crippen MR) is 77.3 cm³/mol. The quantitative estimate of drug-likeness (QED) is 0.721. The van der Waals surface area contributed by atoms with E-state index in [9.17, 15) is 14.0 Å². The van der Waals surface area contributed by atoms with Crippen LogP contribution in [0.1, 0.15) is 16.1 Å². The van der Waals surface area contributed by atoms with Gasteiger partial charge in [-0.25, -0.2) is 4.39 Å². The zero-order valence-corrected chi connectivity index (χ0v) is 10.9. The summed E-state index contributed by atoms with van der Waals surface area (Å²) in [5.74, 6) is 4.29. The maximum absolute atomic E-state index is 13.2. The van der Waals surface area contributed by atoms with Gasteiger partial charge in [-0.05, 0) is 24.3 Å². The zero-order valence-electron chi connectivity index (χ0n) is 10.9. The molecule has 6 heteroatoms. The highest BCUT2D eigenvalue weighted by atomic mass is 19.1. The number of aromatic nitrogens is 1. The van der Waals surface area contributed by atoms with E-state index in [0.29, 0.717) is 11.3 Å². The van der Waals surface area contributed by atoms with Crippen LogP contribution in [0, 0.1) is 17.7 Å². The highest BCUT2D eigenvalue weighted by molar-refractivity contribution is 6.03. The van der Waals surface area contributed by atoms with Crippen LogP contribution in [0.5, 0.6) is 0 Å². The Kier molecular flexibility index (Phi) is 4.49. The van der Waals surface area contributed by atoms with E-state index < -0.39 is 11.7 Å². The Balaban J connectivity index is 2.31. The van der Waals surface area contributed by atoms with E-state index in [1.165, 1.54) is 36.4 Å². The number of halogens is 1. The van der Waals surface area contributed by atoms with Gasteiger partial charge in [-0.15, -0.1) is 0 Å².